The van der Waals surface area contributed by atoms with Gasteiger partial charge in [-0.2, -0.15) is 0 Å². The van der Waals surface area contributed by atoms with Crippen molar-refractivity contribution in [1.29, 1.82) is 0 Å². The number of carbonyl (C=O) groups is 2. The Morgan fingerprint density at radius 1 is 0.625 bits per heavy atom. The summed E-state index contributed by atoms with van der Waals surface area (Å²) in [4.78, 5) is 34.0. The molecule has 0 aromatic heterocycles. The van der Waals surface area contributed by atoms with Crippen molar-refractivity contribution in [2.75, 3.05) is 0 Å². The van der Waals surface area contributed by atoms with Gasteiger partial charge in [0.2, 0.25) is 0 Å². The van der Waals surface area contributed by atoms with Crippen LogP contribution in [-0.4, -0.2) is 11.9 Å². The first-order valence-electron chi connectivity index (χ1n) is 7.79. The van der Waals surface area contributed by atoms with Gasteiger partial charge in [-0.1, -0.05) is 12.1 Å². The molecule has 0 aliphatic heterocycles. The Hall–Kier alpha value is -2.62. The lowest BCUT2D eigenvalue weighted by Gasteiger charge is -2.11. The van der Waals surface area contributed by atoms with Crippen molar-refractivity contribution < 1.29 is 19.4 Å². The van der Waals surface area contributed by atoms with Crippen molar-refractivity contribution in [3.8, 4) is 0 Å². The lowest BCUT2D eigenvalue weighted by molar-refractivity contribution is -0.187. The maximum atomic E-state index is 12.2. The van der Waals surface area contributed by atoms with Gasteiger partial charge in [0.05, 0.1) is 11.1 Å². The number of carbonyl (C=O) groups excluding carboxylic acids is 2. The quantitative estimate of drug-likeness (QED) is 0.604. The molecule has 0 saturated carbocycles. The zero-order valence-corrected chi connectivity index (χ0v) is 14.9. The van der Waals surface area contributed by atoms with Gasteiger partial charge in [-0.05, 0) is 87.1 Å². The highest BCUT2D eigenvalue weighted by Crippen LogP contribution is 2.19. The minimum Gasteiger partial charge on any atom is -0.241 e. The number of benzene rings is 2. The van der Waals surface area contributed by atoms with Crippen molar-refractivity contribution in [3.05, 3.63) is 68.8 Å². The molecule has 4 heteroatoms. The lowest BCUT2D eigenvalue weighted by Crippen LogP contribution is -2.14. The van der Waals surface area contributed by atoms with Gasteiger partial charge in [0, 0.05) is 0 Å². The van der Waals surface area contributed by atoms with Crippen LogP contribution in [0.15, 0.2) is 24.3 Å². The molecule has 0 heterocycles. The van der Waals surface area contributed by atoms with Gasteiger partial charge in [-0.25, -0.2) is 19.4 Å². The first-order valence-corrected chi connectivity index (χ1v) is 7.79. The van der Waals surface area contributed by atoms with Crippen LogP contribution in [0.4, 0.5) is 0 Å². The number of aryl methyl sites for hydroxylation is 4. The first kappa shape index (κ1) is 17.7. The Labute approximate surface area is 142 Å². The van der Waals surface area contributed by atoms with Crippen LogP contribution in [0.3, 0.4) is 0 Å². The minimum atomic E-state index is -0.672. The Kier molecular flexibility index (Phi) is 5.07. The Morgan fingerprint density at radius 2 is 0.958 bits per heavy atom. The van der Waals surface area contributed by atoms with Crippen molar-refractivity contribution in [2.45, 2.75) is 41.5 Å². The predicted molar refractivity (Wildman–Crippen MR) is 92.1 cm³/mol. The summed E-state index contributed by atoms with van der Waals surface area (Å²) in [6, 6.07) is 7.41. The van der Waals surface area contributed by atoms with Crippen LogP contribution < -0.4 is 0 Å². The summed E-state index contributed by atoms with van der Waals surface area (Å²) in [5.74, 6) is -1.34. The molecule has 0 amide bonds. The summed E-state index contributed by atoms with van der Waals surface area (Å²) in [6.45, 7) is 11.3. The fourth-order valence-electron chi connectivity index (χ4n) is 2.67. The highest BCUT2D eigenvalue weighted by Gasteiger charge is 2.19. The molecule has 0 spiro atoms. The molecule has 2 aromatic carbocycles. The van der Waals surface area contributed by atoms with Crippen LogP contribution in [0.1, 0.15) is 54.1 Å². The van der Waals surface area contributed by atoms with Gasteiger partial charge in [-0.15, -0.1) is 0 Å². The third-order valence-corrected chi connectivity index (χ3v) is 4.26. The van der Waals surface area contributed by atoms with E-state index in [2.05, 4.69) is 0 Å². The average molecular weight is 326 g/mol. The van der Waals surface area contributed by atoms with E-state index in [1.54, 1.807) is 12.1 Å². The van der Waals surface area contributed by atoms with E-state index in [9.17, 15) is 9.59 Å². The van der Waals surface area contributed by atoms with Crippen LogP contribution in [0.2, 0.25) is 0 Å². The van der Waals surface area contributed by atoms with Gasteiger partial charge < -0.3 is 0 Å². The van der Waals surface area contributed by atoms with Crippen molar-refractivity contribution in [2.24, 2.45) is 0 Å². The van der Waals surface area contributed by atoms with Gasteiger partial charge in [0.1, 0.15) is 0 Å². The van der Waals surface area contributed by atoms with Gasteiger partial charge >= 0.3 is 11.9 Å². The van der Waals surface area contributed by atoms with Crippen molar-refractivity contribution in [3.63, 3.8) is 0 Å². The molecule has 0 fully saturated rings. The normalized spacial score (nSPS) is 10.4. The molecule has 2 aromatic rings. The Balaban J connectivity index is 2.17. The first-order chi connectivity index (χ1) is 11.2. The fraction of sp³-hybridized carbons (Fsp3) is 0.300. The maximum absolute atomic E-state index is 12.2. The van der Waals surface area contributed by atoms with E-state index in [1.807, 2.05) is 53.7 Å². The lowest BCUT2D eigenvalue weighted by atomic mass is 10.0. The SMILES string of the molecule is Cc1cc(C)c(C)c(C(=O)OOC(=O)c2cc(C)cc(C)c2C)c1. The Morgan fingerprint density at radius 3 is 1.29 bits per heavy atom. The average Bonchev–Trinajstić information content (AvgIpc) is 2.51. The molecule has 0 radical (unpaired) electrons. The molecular weight excluding hydrogens is 304 g/mol. The van der Waals surface area contributed by atoms with Crippen molar-refractivity contribution in [1.82, 2.24) is 0 Å². The second-order valence-corrected chi connectivity index (χ2v) is 6.25. The molecule has 0 saturated heterocycles. The molecule has 0 atom stereocenters. The van der Waals surface area contributed by atoms with E-state index in [4.69, 9.17) is 9.78 Å². The fourth-order valence-corrected chi connectivity index (χ4v) is 2.67. The van der Waals surface area contributed by atoms with Crippen LogP contribution in [0.5, 0.6) is 0 Å². The molecule has 24 heavy (non-hydrogen) atoms. The monoisotopic (exact) mass is 326 g/mol. The molecule has 0 aliphatic carbocycles. The third-order valence-electron chi connectivity index (χ3n) is 4.26. The standard InChI is InChI=1S/C20H22O4/c1-11-7-13(3)15(5)17(9-11)19(21)23-24-20(22)18-10-12(2)8-14(4)16(18)6/h7-10H,1-6H3. The summed E-state index contributed by atoms with van der Waals surface area (Å²) in [5.41, 5.74) is 6.28. The van der Waals surface area contributed by atoms with E-state index in [0.29, 0.717) is 11.1 Å². The summed E-state index contributed by atoms with van der Waals surface area (Å²) < 4.78 is 0. The van der Waals surface area contributed by atoms with Gasteiger partial charge in [0.15, 0.2) is 0 Å². The van der Waals surface area contributed by atoms with Crippen LogP contribution in [-0.2, 0) is 9.78 Å². The molecule has 4 nitrogen and oxygen atoms in total. The number of hydrogen-bond donors (Lipinski definition) is 0. The zero-order valence-electron chi connectivity index (χ0n) is 14.9. The number of hydrogen-bond acceptors (Lipinski definition) is 4. The maximum Gasteiger partial charge on any atom is 0.386 e. The largest absolute Gasteiger partial charge is 0.386 e. The molecule has 2 rings (SSSR count). The third kappa shape index (κ3) is 3.65. The zero-order chi connectivity index (χ0) is 18.0. The van der Waals surface area contributed by atoms with E-state index in [1.165, 1.54) is 0 Å². The molecule has 0 aliphatic rings. The van der Waals surface area contributed by atoms with Crippen LogP contribution in [0.25, 0.3) is 0 Å². The summed E-state index contributed by atoms with van der Waals surface area (Å²) in [5, 5.41) is 0. The highest BCUT2D eigenvalue weighted by atomic mass is 17.2. The highest BCUT2D eigenvalue weighted by molar-refractivity contribution is 5.94. The molecule has 0 unspecified atom stereocenters. The summed E-state index contributed by atoms with van der Waals surface area (Å²) >= 11 is 0. The summed E-state index contributed by atoms with van der Waals surface area (Å²) in [6.07, 6.45) is 0. The Bertz CT molecular complexity index is 749. The predicted octanol–water partition coefficient (Wildman–Crippen LogP) is 4.47. The van der Waals surface area contributed by atoms with E-state index >= 15 is 0 Å². The van der Waals surface area contributed by atoms with E-state index in [0.717, 1.165) is 33.4 Å². The summed E-state index contributed by atoms with van der Waals surface area (Å²) in [7, 11) is 0. The minimum absolute atomic E-state index is 0.400. The van der Waals surface area contributed by atoms with Crippen LogP contribution in [0, 0.1) is 41.5 Å². The van der Waals surface area contributed by atoms with E-state index < -0.39 is 11.9 Å². The number of rotatable bonds is 2. The molecule has 126 valence electrons. The molecular formula is C20H22O4. The van der Waals surface area contributed by atoms with E-state index in [-0.39, 0.29) is 0 Å². The molecule has 0 N–H and O–H groups in total. The van der Waals surface area contributed by atoms with Crippen molar-refractivity contribution >= 4 is 11.9 Å². The second-order valence-electron chi connectivity index (χ2n) is 6.25. The second kappa shape index (κ2) is 6.87. The topological polar surface area (TPSA) is 52.6 Å². The van der Waals surface area contributed by atoms with Crippen LogP contribution >= 0.6 is 0 Å². The smallest absolute Gasteiger partial charge is 0.241 e. The molecule has 0 bridgehead atoms. The van der Waals surface area contributed by atoms with Gasteiger partial charge in [0.25, 0.3) is 0 Å². The van der Waals surface area contributed by atoms with Gasteiger partial charge in [-0.3, -0.25) is 0 Å².